The van der Waals surface area contributed by atoms with Gasteiger partial charge in [0, 0.05) is 38.3 Å². The number of carbonyl (C=O) groups excluding carboxylic acids is 1. The first-order valence-corrected chi connectivity index (χ1v) is 7.76. The Balaban J connectivity index is 1.50. The Hall–Kier alpha value is -2.21. The number of halogens is 1. The molecule has 1 aromatic heterocycles. The van der Waals surface area contributed by atoms with Gasteiger partial charge in [0.15, 0.2) is 0 Å². The molecule has 23 heavy (non-hydrogen) atoms. The van der Waals surface area contributed by atoms with Gasteiger partial charge in [-0.1, -0.05) is 17.3 Å². The first-order valence-electron chi connectivity index (χ1n) is 7.76. The minimum absolute atomic E-state index is 0.0522. The number of hydrogen-bond donors (Lipinski definition) is 0. The third-order valence-electron chi connectivity index (χ3n) is 4.21. The molecule has 122 valence electrons. The molecule has 0 unspecified atom stereocenters. The Bertz CT molecular complexity index is 678. The maximum Gasteiger partial charge on any atom is 0.227 e. The molecule has 0 aliphatic carbocycles. The van der Waals surface area contributed by atoms with Crippen LogP contribution in [0.3, 0.4) is 0 Å². The van der Waals surface area contributed by atoms with Crippen molar-refractivity contribution in [1.82, 2.24) is 15.0 Å². The summed E-state index contributed by atoms with van der Waals surface area (Å²) < 4.78 is 18.2. The summed E-state index contributed by atoms with van der Waals surface area (Å²) in [5.74, 6) is 0.593. The van der Waals surface area contributed by atoms with Crippen molar-refractivity contribution in [2.24, 2.45) is 0 Å². The molecule has 2 heterocycles. The molecule has 1 aliphatic rings. The molecule has 0 N–H and O–H groups in total. The molecular weight excluding hydrogens is 297 g/mol. The van der Waals surface area contributed by atoms with Gasteiger partial charge in [0.05, 0.1) is 12.6 Å². The molecule has 0 atom stereocenters. The van der Waals surface area contributed by atoms with E-state index in [0.717, 1.165) is 36.5 Å². The van der Waals surface area contributed by atoms with E-state index < -0.39 is 0 Å². The summed E-state index contributed by atoms with van der Waals surface area (Å²) in [4.78, 5) is 16.4. The monoisotopic (exact) mass is 317 g/mol. The van der Waals surface area contributed by atoms with Gasteiger partial charge in [-0.15, -0.1) is 0 Å². The van der Waals surface area contributed by atoms with Crippen LogP contribution in [0.15, 0.2) is 35.0 Å². The normalized spacial score (nSPS) is 15.8. The summed E-state index contributed by atoms with van der Waals surface area (Å²) in [6.07, 6.45) is 2.00. The third-order valence-corrected chi connectivity index (χ3v) is 4.21. The first kappa shape index (κ1) is 15.7. The zero-order valence-electron chi connectivity index (χ0n) is 13.2. The Labute approximate surface area is 134 Å². The molecule has 2 aromatic rings. The van der Waals surface area contributed by atoms with Crippen molar-refractivity contribution in [2.45, 2.75) is 19.9 Å². The highest BCUT2D eigenvalue weighted by molar-refractivity contribution is 5.78. The number of amides is 1. The second kappa shape index (κ2) is 6.91. The van der Waals surface area contributed by atoms with E-state index in [1.54, 1.807) is 18.3 Å². The van der Waals surface area contributed by atoms with Gasteiger partial charge < -0.3 is 9.42 Å². The molecule has 0 saturated carbocycles. The van der Waals surface area contributed by atoms with Crippen LogP contribution in [0.25, 0.3) is 0 Å². The number of rotatable bonds is 4. The lowest BCUT2D eigenvalue weighted by Gasteiger charge is -2.34. The summed E-state index contributed by atoms with van der Waals surface area (Å²) in [7, 11) is 0. The minimum atomic E-state index is -0.302. The molecule has 3 rings (SSSR count). The molecule has 1 fully saturated rings. The fourth-order valence-corrected chi connectivity index (χ4v) is 2.80. The molecule has 5 nitrogen and oxygen atoms in total. The molecule has 1 saturated heterocycles. The lowest BCUT2D eigenvalue weighted by molar-refractivity contribution is -0.132. The summed E-state index contributed by atoms with van der Waals surface area (Å²) in [5, 5.41) is 3.79. The van der Waals surface area contributed by atoms with Gasteiger partial charge in [-0.3, -0.25) is 9.69 Å². The van der Waals surface area contributed by atoms with Crippen LogP contribution in [0.4, 0.5) is 4.39 Å². The van der Waals surface area contributed by atoms with E-state index in [9.17, 15) is 9.18 Å². The summed E-state index contributed by atoms with van der Waals surface area (Å²) in [5.41, 5.74) is 1.81. The van der Waals surface area contributed by atoms with Crippen molar-refractivity contribution in [3.05, 3.63) is 53.2 Å². The second-order valence-electron chi connectivity index (χ2n) is 5.87. The van der Waals surface area contributed by atoms with Gasteiger partial charge in [0.25, 0.3) is 0 Å². The van der Waals surface area contributed by atoms with Gasteiger partial charge in [-0.25, -0.2) is 4.39 Å². The van der Waals surface area contributed by atoms with Crippen LogP contribution in [0, 0.1) is 12.7 Å². The summed E-state index contributed by atoms with van der Waals surface area (Å²) in [6, 6.07) is 6.23. The predicted octanol–water partition coefficient (Wildman–Crippen LogP) is 2.01. The molecule has 1 aromatic carbocycles. The van der Waals surface area contributed by atoms with E-state index in [2.05, 4.69) is 10.1 Å². The second-order valence-corrected chi connectivity index (χ2v) is 5.87. The molecule has 1 aliphatic heterocycles. The number of aryl methyl sites for hydroxylation is 1. The van der Waals surface area contributed by atoms with Crippen LogP contribution in [-0.2, 0) is 17.8 Å². The van der Waals surface area contributed by atoms with E-state index in [1.165, 1.54) is 12.1 Å². The van der Waals surface area contributed by atoms with E-state index in [-0.39, 0.29) is 18.1 Å². The van der Waals surface area contributed by atoms with Crippen molar-refractivity contribution in [3.63, 3.8) is 0 Å². The predicted molar refractivity (Wildman–Crippen MR) is 83.2 cm³/mol. The number of benzene rings is 1. The Morgan fingerprint density at radius 2 is 2.09 bits per heavy atom. The topological polar surface area (TPSA) is 49.6 Å². The first-order chi connectivity index (χ1) is 11.1. The van der Waals surface area contributed by atoms with Gasteiger partial charge >= 0.3 is 0 Å². The largest absolute Gasteiger partial charge is 0.361 e. The molecular formula is C17H20FN3O2. The quantitative estimate of drug-likeness (QED) is 0.865. The Kier molecular flexibility index (Phi) is 4.71. The highest BCUT2D eigenvalue weighted by Crippen LogP contribution is 2.13. The highest BCUT2D eigenvalue weighted by atomic mass is 19.1. The van der Waals surface area contributed by atoms with Gasteiger partial charge in [0.2, 0.25) is 5.91 Å². The number of carbonyl (C=O) groups is 1. The molecule has 1 amide bonds. The Morgan fingerprint density at radius 3 is 2.74 bits per heavy atom. The Morgan fingerprint density at radius 1 is 1.30 bits per heavy atom. The average molecular weight is 317 g/mol. The third kappa shape index (κ3) is 3.96. The smallest absolute Gasteiger partial charge is 0.227 e. The number of hydrogen-bond acceptors (Lipinski definition) is 4. The number of piperazine rings is 1. The van der Waals surface area contributed by atoms with Crippen molar-refractivity contribution >= 4 is 5.91 Å². The molecule has 0 bridgehead atoms. The fourth-order valence-electron chi connectivity index (χ4n) is 2.80. The maximum absolute atomic E-state index is 13.2. The van der Waals surface area contributed by atoms with Gasteiger partial charge in [0.1, 0.15) is 11.6 Å². The van der Waals surface area contributed by atoms with Crippen molar-refractivity contribution in [3.8, 4) is 0 Å². The van der Waals surface area contributed by atoms with Crippen LogP contribution in [0.5, 0.6) is 0 Å². The molecule has 0 radical (unpaired) electrons. The average Bonchev–Trinajstić information content (AvgIpc) is 2.93. The van der Waals surface area contributed by atoms with Crippen LogP contribution in [-0.4, -0.2) is 47.0 Å². The van der Waals surface area contributed by atoms with E-state index >= 15 is 0 Å². The molecule has 0 spiro atoms. The lowest BCUT2D eigenvalue weighted by Crippen LogP contribution is -2.48. The number of nitrogens with zero attached hydrogens (tertiary/aromatic N) is 3. The highest BCUT2D eigenvalue weighted by Gasteiger charge is 2.22. The zero-order valence-corrected chi connectivity index (χ0v) is 13.2. The van der Waals surface area contributed by atoms with Crippen molar-refractivity contribution in [1.29, 1.82) is 0 Å². The zero-order chi connectivity index (χ0) is 16.2. The van der Waals surface area contributed by atoms with Crippen LogP contribution in [0.1, 0.15) is 16.9 Å². The SMILES string of the molecule is Cc1oncc1CN1CCN(C(=O)Cc2cccc(F)c2)CC1. The summed E-state index contributed by atoms with van der Waals surface area (Å²) in [6.45, 7) is 5.72. The minimum Gasteiger partial charge on any atom is -0.361 e. The van der Waals surface area contributed by atoms with Gasteiger partial charge in [-0.05, 0) is 24.6 Å². The van der Waals surface area contributed by atoms with Crippen LogP contribution >= 0.6 is 0 Å². The standard InChI is InChI=1S/C17H20FN3O2/c1-13-15(11-19-23-13)12-20-5-7-21(8-6-20)17(22)10-14-3-2-4-16(18)9-14/h2-4,9,11H,5-8,10,12H2,1H3. The maximum atomic E-state index is 13.2. The molecule has 6 heteroatoms. The van der Waals surface area contributed by atoms with Crippen molar-refractivity contribution < 1.29 is 13.7 Å². The van der Waals surface area contributed by atoms with Crippen LogP contribution in [0.2, 0.25) is 0 Å². The van der Waals surface area contributed by atoms with Crippen molar-refractivity contribution in [2.75, 3.05) is 26.2 Å². The number of aromatic nitrogens is 1. The van der Waals surface area contributed by atoms with E-state index in [1.807, 2.05) is 11.8 Å². The summed E-state index contributed by atoms with van der Waals surface area (Å²) >= 11 is 0. The van der Waals surface area contributed by atoms with Gasteiger partial charge in [-0.2, -0.15) is 0 Å². The fraction of sp³-hybridized carbons (Fsp3) is 0.412. The van der Waals surface area contributed by atoms with E-state index in [4.69, 9.17) is 4.52 Å². The van der Waals surface area contributed by atoms with E-state index in [0.29, 0.717) is 13.1 Å². The lowest BCUT2D eigenvalue weighted by atomic mass is 10.1. The van der Waals surface area contributed by atoms with Crippen LogP contribution < -0.4 is 0 Å².